The van der Waals surface area contributed by atoms with Crippen LogP contribution in [0.5, 0.6) is 0 Å². The Labute approximate surface area is 73.5 Å². The van der Waals surface area contributed by atoms with Gasteiger partial charge < -0.3 is 0 Å². The summed E-state index contributed by atoms with van der Waals surface area (Å²) in [6.45, 7) is 3.74. The molecular formula is C10H10BO. The topological polar surface area (TPSA) is 17.1 Å². The molecule has 0 N–H and O–H groups in total. The molecule has 0 aliphatic heterocycles. The van der Waals surface area contributed by atoms with E-state index in [0.29, 0.717) is 11.0 Å². The van der Waals surface area contributed by atoms with E-state index in [2.05, 4.69) is 0 Å². The maximum atomic E-state index is 10.6. The van der Waals surface area contributed by atoms with E-state index in [1.807, 2.05) is 25.1 Å². The van der Waals surface area contributed by atoms with Crippen molar-refractivity contribution in [3.63, 3.8) is 0 Å². The molecule has 1 rings (SSSR count). The van der Waals surface area contributed by atoms with Crippen LogP contribution >= 0.6 is 0 Å². The van der Waals surface area contributed by atoms with E-state index in [1.165, 1.54) is 0 Å². The monoisotopic (exact) mass is 157 g/mol. The standard InChI is InChI=1S/C10H10BO/c1-7-3-4-10(8(2)11)9(5-7)6-12/h3-6H,1-2H3. The molecule has 12 heavy (non-hydrogen) atoms. The van der Waals surface area contributed by atoms with Crippen molar-refractivity contribution in [3.8, 4) is 0 Å². The summed E-state index contributed by atoms with van der Waals surface area (Å²) in [5, 5.41) is 0. The Kier molecular flexibility index (Phi) is 2.59. The zero-order valence-electron chi connectivity index (χ0n) is 7.29. The molecule has 1 aromatic carbocycles. The van der Waals surface area contributed by atoms with Crippen LogP contribution in [0.1, 0.15) is 28.4 Å². The van der Waals surface area contributed by atoms with Crippen molar-refractivity contribution in [1.29, 1.82) is 0 Å². The molecule has 0 fully saturated rings. The fourth-order valence-corrected chi connectivity index (χ4v) is 1.14. The van der Waals surface area contributed by atoms with Crippen LogP contribution in [0.2, 0.25) is 0 Å². The maximum absolute atomic E-state index is 10.6. The summed E-state index contributed by atoms with van der Waals surface area (Å²) < 4.78 is 0. The third kappa shape index (κ3) is 1.70. The molecule has 0 spiro atoms. The molecule has 0 bridgehead atoms. The van der Waals surface area contributed by atoms with Crippen LogP contribution < -0.4 is 0 Å². The summed E-state index contributed by atoms with van der Waals surface area (Å²) in [6, 6.07) is 5.64. The van der Waals surface area contributed by atoms with Gasteiger partial charge in [-0.1, -0.05) is 0 Å². The van der Waals surface area contributed by atoms with Gasteiger partial charge in [-0.2, -0.15) is 0 Å². The van der Waals surface area contributed by atoms with Crippen LogP contribution in [0.4, 0.5) is 0 Å². The Balaban J connectivity index is 3.29. The molecule has 0 atom stereocenters. The predicted octanol–water partition coefficient (Wildman–Crippen LogP) is 1.52. The number of carbonyl (C=O) groups is 1. The average Bonchev–Trinajstić information content (AvgIpc) is 2.03. The molecule has 2 heteroatoms. The first-order chi connectivity index (χ1) is 5.65. The summed E-state index contributed by atoms with van der Waals surface area (Å²) in [6.07, 6.45) is 0.832. The molecular weight excluding hydrogens is 147 g/mol. The van der Waals surface area contributed by atoms with Gasteiger partial charge in [-0.25, -0.2) is 0 Å². The van der Waals surface area contributed by atoms with Crippen LogP contribution in [0.3, 0.4) is 0 Å². The molecule has 1 radical (unpaired) electrons. The zero-order chi connectivity index (χ0) is 9.14. The van der Waals surface area contributed by atoms with Crippen LogP contribution in [0, 0.1) is 6.92 Å². The van der Waals surface area contributed by atoms with Crippen molar-refractivity contribution in [2.75, 3.05) is 0 Å². The second-order valence-electron chi connectivity index (χ2n) is 2.89. The number of hydrogen-bond acceptors (Lipinski definition) is 1. The van der Waals surface area contributed by atoms with Crippen molar-refractivity contribution in [3.05, 3.63) is 34.9 Å². The van der Waals surface area contributed by atoms with E-state index in [0.717, 1.165) is 17.4 Å². The van der Waals surface area contributed by atoms with E-state index >= 15 is 0 Å². The van der Waals surface area contributed by atoms with Gasteiger partial charge in [-0.15, -0.1) is 0 Å². The molecule has 0 saturated carbocycles. The van der Waals surface area contributed by atoms with Gasteiger partial charge in [-0.3, -0.25) is 0 Å². The van der Waals surface area contributed by atoms with Crippen molar-refractivity contribution in [2.45, 2.75) is 13.8 Å². The Bertz CT molecular complexity index is 329. The summed E-state index contributed by atoms with van der Waals surface area (Å²) in [7, 11) is 5.60. The van der Waals surface area contributed by atoms with Gasteiger partial charge in [0.15, 0.2) is 0 Å². The zero-order valence-corrected chi connectivity index (χ0v) is 7.29. The third-order valence-corrected chi connectivity index (χ3v) is 1.76. The van der Waals surface area contributed by atoms with Crippen LogP contribution in [-0.2, 0) is 0 Å². The molecule has 0 heterocycles. The quantitative estimate of drug-likeness (QED) is 0.469. The molecule has 0 aliphatic carbocycles. The van der Waals surface area contributed by atoms with Crippen molar-refractivity contribution in [2.24, 2.45) is 0 Å². The van der Waals surface area contributed by atoms with Gasteiger partial charge >= 0.3 is 72.8 Å². The minimum atomic E-state index is 0.662. The molecule has 0 amide bonds. The van der Waals surface area contributed by atoms with E-state index < -0.39 is 0 Å². The van der Waals surface area contributed by atoms with E-state index in [4.69, 9.17) is 7.49 Å². The molecule has 0 saturated heterocycles. The summed E-state index contributed by atoms with van der Waals surface area (Å²) in [5.74, 6) is 0. The van der Waals surface area contributed by atoms with Gasteiger partial charge in [-0.05, 0) is 0 Å². The van der Waals surface area contributed by atoms with Gasteiger partial charge in [0.1, 0.15) is 0 Å². The van der Waals surface area contributed by atoms with Crippen molar-refractivity contribution in [1.82, 2.24) is 0 Å². The fourth-order valence-electron chi connectivity index (χ4n) is 1.14. The molecule has 1 aromatic rings. The molecule has 0 aromatic heterocycles. The predicted molar refractivity (Wildman–Crippen MR) is 52.1 cm³/mol. The normalized spacial score (nSPS) is 9.42. The van der Waals surface area contributed by atoms with E-state index in [1.54, 1.807) is 6.92 Å². The number of rotatable bonds is 2. The number of aldehydes is 1. The van der Waals surface area contributed by atoms with Crippen LogP contribution in [0.15, 0.2) is 18.2 Å². The van der Waals surface area contributed by atoms with Gasteiger partial charge in [0, 0.05) is 0 Å². The average molecular weight is 157 g/mol. The Morgan fingerprint density at radius 3 is 2.67 bits per heavy atom. The van der Waals surface area contributed by atoms with Crippen LogP contribution in [-0.4, -0.2) is 19.2 Å². The van der Waals surface area contributed by atoms with Gasteiger partial charge in [0.25, 0.3) is 0 Å². The van der Waals surface area contributed by atoms with Gasteiger partial charge in [0.05, 0.1) is 0 Å². The number of benzene rings is 1. The number of aryl methyl sites for hydroxylation is 1. The third-order valence-electron chi connectivity index (χ3n) is 1.76. The SMILES string of the molecule is [B]=C(C)c1ccc(C)cc1C=O. The molecule has 1 nitrogen and oxygen atoms in total. The number of carbonyl (C=O) groups excluding carboxylic acids is 1. The first kappa shape index (κ1) is 8.92. The van der Waals surface area contributed by atoms with Crippen LogP contribution in [0.25, 0.3) is 0 Å². The second-order valence-corrected chi connectivity index (χ2v) is 2.89. The summed E-state index contributed by atoms with van der Waals surface area (Å²) in [5.41, 5.74) is 3.24. The van der Waals surface area contributed by atoms with Crippen molar-refractivity contribution < 1.29 is 4.79 Å². The van der Waals surface area contributed by atoms with Gasteiger partial charge in [0.2, 0.25) is 0 Å². The Morgan fingerprint density at radius 1 is 1.50 bits per heavy atom. The van der Waals surface area contributed by atoms with E-state index in [9.17, 15) is 4.79 Å². The first-order valence-electron chi connectivity index (χ1n) is 3.80. The fraction of sp³-hybridized carbons (Fsp3) is 0.200. The Morgan fingerprint density at radius 2 is 2.17 bits per heavy atom. The molecule has 0 unspecified atom stereocenters. The van der Waals surface area contributed by atoms with E-state index in [-0.39, 0.29) is 0 Å². The Hall–Kier alpha value is -1.18. The number of hydrogen-bond donors (Lipinski definition) is 0. The summed E-state index contributed by atoms with van der Waals surface area (Å²) in [4.78, 5) is 10.6. The minimum absolute atomic E-state index is 0.662. The first-order valence-corrected chi connectivity index (χ1v) is 3.80. The van der Waals surface area contributed by atoms with Crippen molar-refractivity contribution >= 4 is 19.2 Å². The summed E-state index contributed by atoms with van der Waals surface area (Å²) >= 11 is 0. The second kappa shape index (κ2) is 3.48. The molecule has 0 aliphatic rings. The molecule has 59 valence electrons.